The molecule has 7 nitrogen and oxygen atoms in total. The van der Waals surface area contributed by atoms with Gasteiger partial charge in [-0.3, -0.25) is 4.68 Å². The number of rotatable bonds is 2. The highest BCUT2D eigenvalue weighted by Gasteiger charge is 2.72. The number of aromatic hydroxyl groups is 1. The number of amides is 1. The van der Waals surface area contributed by atoms with Gasteiger partial charge >= 0.3 is 12.3 Å². The number of aromatic nitrogens is 3. The smallest absolute Gasteiger partial charge is 0.417 e. The highest BCUT2D eigenvalue weighted by molar-refractivity contribution is 6.45. The first kappa shape index (κ1) is 26.6. The number of hydrogen-bond donors (Lipinski definition) is 1. The normalized spacial score (nSPS) is 26.9. The van der Waals surface area contributed by atoms with E-state index in [-0.39, 0.29) is 40.9 Å². The first-order valence-corrected chi connectivity index (χ1v) is 14.0. The fraction of sp³-hybridized carbons (Fsp3) is 0.552. The Balaban J connectivity index is 1.39. The van der Waals surface area contributed by atoms with Crippen LogP contribution in [0.4, 0.5) is 22.4 Å². The number of halogens is 4. The molecule has 1 aromatic carbocycles. The fourth-order valence-corrected chi connectivity index (χ4v) is 7.29. The van der Waals surface area contributed by atoms with E-state index in [9.17, 15) is 23.1 Å². The molecule has 2 aromatic heterocycles. The summed E-state index contributed by atoms with van der Waals surface area (Å²) in [5, 5.41) is 15.3. The Kier molecular flexibility index (Phi) is 5.29. The predicted molar refractivity (Wildman–Crippen MR) is 143 cm³/mol. The van der Waals surface area contributed by atoms with Crippen molar-refractivity contribution in [1.82, 2.24) is 19.7 Å². The van der Waals surface area contributed by atoms with Gasteiger partial charge in [0.1, 0.15) is 29.8 Å². The number of phenols is 1. The van der Waals surface area contributed by atoms with Gasteiger partial charge in [0.15, 0.2) is 5.82 Å². The third kappa shape index (κ3) is 3.88. The summed E-state index contributed by atoms with van der Waals surface area (Å²) in [6.07, 6.45) is -3.57. The van der Waals surface area contributed by atoms with Crippen LogP contribution in [-0.2, 0) is 10.9 Å². The van der Waals surface area contributed by atoms with Crippen molar-refractivity contribution < 1.29 is 32.2 Å². The summed E-state index contributed by atoms with van der Waals surface area (Å²) in [5.41, 5.74) is -1.48. The average Bonchev–Trinajstić information content (AvgIpc) is 3.70. The molecule has 7 rings (SSSR count). The molecule has 1 saturated heterocycles. The molecule has 1 radical (unpaired) electrons. The van der Waals surface area contributed by atoms with Gasteiger partial charge in [0.2, 0.25) is 0 Å². The largest absolute Gasteiger partial charge is 0.508 e. The van der Waals surface area contributed by atoms with E-state index in [1.54, 1.807) is 9.58 Å². The molecule has 4 heterocycles. The molecule has 3 aromatic rings. The number of nitrogens with zero attached hydrogens (tertiary/aromatic N) is 4. The first-order chi connectivity index (χ1) is 19.1. The molecule has 4 aliphatic rings. The van der Waals surface area contributed by atoms with Crippen molar-refractivity contribution in [1.29, 1.82) is 0 Å². The summed E-state index contributed by atoms with van der Waals surface area (Å²) in [6, 6.07) is 1.92. The van der Waals surface area contributed by atoms with E-state index in [4.69, 9.17) is 9.84 Å². The van der Waals surface area contributed by atoms with Crippen LogP contribution in [0.5, 0.6) is 5.75 Å². The standard InChI is InChI=1S/C29H30BF4N4O3/c1-12-8-15(39)9-16(19(12)29(32,33)34)23-21(31)25-18-22(35-23)13(2)30-28-11-37(26(40)41-27(3,4)5)10-17(28)20(28)24(18)36-38(25)14-6-7-14/h8-9,13-14,17,20,39H,6-7,10-11H2,1-5H3/t13?,17-,20?,28+/m1/s1. The van der Waals surface area contributed by atoms with Crippen LogP contribution in [0.2, 0.25) is 5.31 Å². The van der Waals surface area contributed by atoms with Gasteiger partial charge in [-0.1, -0.05) is 6.92 Å². The van der Waals surface area contributed by atoms with Crippen LogP contribution in [0.25, 0.3) is 22.2 Å². The maximum absolute atomic E-state index is 16.6. The van der Waals surface area contributed by atoms with E-state index >= 15 is 4.39 Å². The number of carbonyl (C=O) groups is 1. The van der Waals surface area contributed by atoms with Gasteiger partial charge in [-0.25, -0.2) is 14.2 Å². The number of hydrogen-bond acceptors (Lipinski definition) is 5. The lowest BCUT2D eigenvalue weighted by Crippen LogP contribution is -2.38. The highest BCUT2D eigenvalue weighted by atomic mass is 19.4. The molecular formula is C29H30BF4N4O3. The van der Waals surface area contributed by atoms with Gasteiger partial charge in [-0.15, -0.1) is 0 Å². The molecule has 0 bridgehead atoms. The number of benzene rings is 1. The van der Waals surface area contributed by atoms with Gasteiger partial charge in [0.25, 0.3) is 0 Å². The highest BCUT2D eigenvalue weighted by Crippen LogP contribution is 2.76. The summed E-state index contributed by atoms with van der Waals surface area (Å²) in [5.74, 6) is -1.58. The second kappa shape index (κ2) is 8.16. The maximum atomic E-state index is 16.6. The number of piperidine rings is 1. The lowest BCUT2D eigenvalue weighted by Gasteiger charge is -2.27. The van der Waals surface area contributed by atoms with E-state index < -0.39 is 45.5 Å². The number of pyridine rings is 1. The second-order valence-electron chi connectivity index (χ2n) is 13.1. The number of carbonyl (C=O) groups excluding carboxylic acids is 1. The van der Waals surface area contributed by atoms with E-state index in [0.29, 0.717) is 29.9 Å². The number of aryl methyl sites for hydroxylation is 1. The molecule has 2 unspecified atom stereocenters. The molecule has 2 saturated carbocycles. The molecular weight excluding hydrogens is 539 g/mol. The third-order valence-electron chi connectivity index (χ3n) is 8.98. The van der Waals surface area contributed by atoms with Gasteiger partial charge < -0.3 is 14.7 Å². The Hall–Kier alpha value is -3.31. The lowest BCUT2D eigenvalue weighted by molar-refractivity contribution is -0.137. The Labute approximate surface area is 235 Å². The Morgan fingerprint density at radius 2 is 1.90 bits per heavy atom. The Morgan fingerprint density at radius 1 is 1.20 bits per heavy atom. The van der Waals surface area contributed by atoms with Crippen LogP contribution in [0.3, 0.4) is 0 Å². The van der Waals surface area contributed by atoms with Gasteiger partial charge in [0.05, 0.1) is 17.3 Å². The molecule has 1 N–H and O–H groups in total. The number of phenolic OH excluding ortho intramolecular Hbond substituents is 1. The average molecular weight is 569 g/mol. The molecule has 2 aliphatic carbocycles. The fourth-order valence-electron chi connectivity index (χ4n) is 7.29. The van der Waals surface area contributed by atoms with E-state index in [1.807, 2.05) is 27.7 Å². The zero-order chi connectivity index (χ0) is 29.4. The van der Waals surface area contributed by atoms with Crippen LogP contribution in [0.15, 0.2) is 12.1 Å². The number of alkyl halides is 3. The molecule has 41 heavy (non-hydrogen) atoms. The summed E-state index contributed by atoms with van der Waals surface area (Å²) in [7, 11) is 2.12. The van der Waals surface area contributed by atoms with Crippen molar-refractivity contribution in [2.24, 2.45) is 5.92 Å². The van der Waals surface area contributed by atoms with Gasteiger partial charge in [-0.05, 0) is 75.3 Å². The molecule has 3 fully saturated rings. The quantitative estimate of drug-likeness (QED) is 0.281. The van der Waals surface area contributed by atoms with Crippen LogP contribution < -0.4 is 0 Å². The SMILES string of the molecule is Cc1cc(O)cc(-c2nc3c4c(nn(C5CC5)c4c2F)C2[C@H]4CN(C(=O)OC(C)(C)C)C[C@@]24[B]C3C)c1C(F)(F)F. The molecule has 1 spiro atoms. The van der Waals surface area contributed by atoms with Crippen LogP contribution in [-0.4, -0.2) is 56.8 Å². The lowest BCUT2D eigenvalue weighted by atomic mass is 9.51. The third-order valence-corrected chi connectivity index (χ3v) is 8.98. The number of likely N-dealkylation sites (tertiary alicyclic amines) is 1. The Bertz CT molecular complexity index is 1640. The minimum Gasteiger partial charge on any atom is -0.508 e. The maximum Gasteiger partial charge on any atom is 0.417 e. The molecule has 4 atom stereocenters. The number of ether oxygens (including phenoxy) is 1. The number of fused-ring (bicyclic) bond motifs is 2. The van der Waals surface area contributed by atoms with Gasteiger partial charge in [-0.2, -0.15) is 18.3 Å². The zero-order valence-corrected chi connectivity index (χ0v) is 23.4. The summed E-state index contributed by atoms with van der Waals surface area (Å²) < 4.78 is 66.5. The van der Waals surface area contributed by atoms with Crippen molar-refractivity contribution in [3.8, 4) is 17.0 Å². The van der Waals surface area contributed by atoms with Crippen molar-refractivity contribution in [3.05, 3.63) is 40.5 Å². The molecule has 2 aliphatic heterocycles. The topological polar surface area (TPSA) is 80.5 Å². The summed E-state index contributed by atoms with van der Waals surface area (Å²) in [6.45, 7) is 9.50. The van der Waals surface area contributed by atoms with E-state index in [1.165, 1.54) is 6.92 Å². The van der Waals surface area contributed by atoms with Crippen molar-refractivity contribution in [2.75, 3.05) is 13.1 Å². The van der Waals surface area contributed by atoms with Crippen molar-refractivity contribution in [2.45, 2.75) is 82.3 Å². The zero-order valence-electron chi connectivity index (χ0n) is 23.4. The van der Waals surface area contributed by atoms with Crippen LogP contribution >= 0.6 is 0 Å². The van der Waals surface area contributed by atoms with Crippen LogP contribution in [0.1, 0.15) is 80.8 Å². The van der Waals surface area contributed by atoms with E-state index in [2.05, 4.69) is 12.3 Å². The first-order valence-electron chi connectivity index (χ1n) is 14.0. The van der Waals surface area contributed by atoms with Crippen LogP contribution in [0, 0.1) is 18.7 Å². The van der Waals surface area contributed by atoms with E-state index in [0.717, 1.165) is 25.0 Å². The monoisotopic (exact) mass is 569 g/mol. The van der Waals surface area contributed by atoms with Gasteiger partial charge in [0, 0.05) is 35.7 Å². The molecule has 12 heteroatoms. The summed E-state index contributed by atoms with van der Waals surface area (Å²) in [4.78, 5) is 19.2. The summed E-state index contributed by atoms with van der Waals surface area (Å²) >= 11 is 0. The van der Waals surface area contributed by atoms with Crippen molar-refractivity contribution >= 4 is 24.3 Å². The predicted octanol–water partition coefficient (Wildman–Crippen LogP) is 6.51. The van der Waals surface area contributed by atoms with Crippen molar-refractivity contribution in [3.63, 3.8) is 0 Å². The minimum absolute atomic E-state index is 0.0386. The minimum atomic E-state index is -4.78. The Morgan fingerprint density at radius 3 is 2.54 bits per heavy atom. The second-order valence-corrected chi connectivity index (χ2v) is 13.1. The molecule has 1 amide bonds. The molecule has 215 valence electrons.